The maximum absolute atomic E-state index is 9.23. The molecule has 1 aromatic carbocycles. The predicted octanol–water partition coefficient (Wildman–Crippen LogP) is 1.51. The Hall–Kier alpha value is -1.22. The van der Waals surface area contributed by atoms with E-state index in [1.807, 2.05) is 0 Å². The normalized spacial score (nSPS) is 18.5. The monoisotopic (exact) mass is 179 g/mol. The smallest absolute Gasteiger partial charge is 0.119 e. The van der Waals surface area contributed by atoms with Crippen LogP contribution in [0.1, 0.15) is 24.4 Å². The molecule has 2 rings (SSSR count). The first-order chi connectivity index (χ1) is 6.16. The summed E-state index contributed by atoms with van der Waals surface area (Å²) in [6, 6.07) is 4.49. The summed E-state index contributed by atoms with van der Waals surface area (Å²) in [5.74, 6) is 0.679. The van der Waals surface area contributed by atoms with Gasteiger partial charge in [-0.25, -0.2) is 0 Å². The van der Waals surface area contributed by atoms with Crippen LogP contribution in [0.5, 0.6) is 11.5 Å². The van der Waals surface area contributed by atoms with Gasteiger partial charge in [0, 0.05) is 12.1 Å². The van der Waals surface area contributed by atoms with E-state index < -0.39 is 0 Å². The van der Waals surface area contributed by atoms with E-state index in [1.165, 1.54) is 6.07 Å². The Morgan fingerprint density at radius 1 is 1.15 bits per heavy atom. The van der Waals surface area contributed by atoms with Gasteiger partial charge in [0.05, 0.1) is 0 Å². The number of nitrogens with two attached hydrogens (primary N) is 1. The average Bonchev–Trinajstić information content (AvgIpc) is 2.83. The fraction of sp³-hybridized carbons (Fsp3) is 0.400. The highest BCUT2D eigenvalue weighted by Gasteiger charge is 2.29. The second kappa shape index (κ2) is 2.92. The van der Waals surface area contributed by atoms with Gasteiger partial charge in [-0.05, 0) is 36.5 Å². The van der Waals surface area contributed by atoms with Crippen LogP contribution in [0.4, 0.5) is 0 Å². The van der Waals surface area contributed by atoms with Crippen molar-refractivity contribution in [3.8, 4) is 11.5 Å². The van der Waals surface area contributed by atoms with Crippen molar-refractivity contribution in [2.45, 2.75) is 18.9 Å². The lowest BCUT2D eigenvalue weighted by atomic mass is 10.0. The molecule has 0 amide bonds. The molecule has 3 nitrogen and oxygen atoms in total. The Kier molecular flexibility index (Phi) is 1.88. The van der Waals surface area contributed by atoms with Gasteiger partial charge in [-0.2, -0.15) is 0 Å². The van der Waals surface area contributed by atoms with Crippen molar-refractivity contribution in [3.05, 3.63) is 23.8 Å². The molecule has 1 saturated carbocycles. The zero-order valence-electron chi connectivity index (χ0n) is 7.27. The Labute approximate surface area is 76.8 Å². The van der Waals surface area contributed by atoms with Crippen molar-refractivity contribution in [3.63, 3.8) is 0 Å². The molecule has 0 aliphatic heterocycles. The van der Waals surface area contributed by atoms with Gasteiger partial charge in [-0.1, -0.05) is 0 Å². The second-order valence-electron chi connectivity index (χ2n) is 3.65. The number of rotatable bonds is 2. The summed E-state index contributed by atoms with van der Waals surface area (Å²) in [6.45, 7) is 0. The maximum Gasteiger partial charge on any atom is 0.119 e. The summed E-state index contributed by atoms with van der Waals surface area (Å²) >= 11 is 0. The molecule has 0 bridgehead atoms. The van der Waals surface area contributed by atoms with Crippen LogP contribution in [0.3, 0.4) is 0 Å². The second-order valence-corrected chi connectivity index (χ2v) is 3.65. The summed E-state index contributed by atoms with van der Waals surface area (Å²) in [6.07, 6.45) is 2.30. The van der Waals surface area contributed by atoms with Crippen molar-refractivity contribution in [1.82, 2.24) is 0 Å². The summed E-state index contributed by atoms with van der Waals surface area (Å²) in [7, 11) is 0. The summed E-state index contributed by atoms with van der Waals surface area (Å²) in [5.41, 5.74) is 6.74. The van der Waals surface area contributed by atoms with Gasteiger partial charge in [-0.3, -0.25) is 0 Å². The number of phenolic OH excluding ortho intramolecular Hbond substituents is 2. The number of hydrogen-bond donors (Lipinski definition) is 3. The lowest BCUT2D eigenvalue weighted by Gasteiger charge is -2.11. The van der Waals surface area contributed by atoms with E-state index in [-0.39, 0.29) is 17.5 Å². The Balaban J connectivity index is 2.27. The van der Waals surface area contributed by atoms with Gasteiger partial charge in [0.2, 0.25) is 0 Å². The first-order valence-electron chi connectivity index (χ1n) is 4.45. The summed E-state index contributed by atoms with van der Waals surface area (Å²) in [5, 5.41) is 18.5. The summed E-state index contributed by atoms with van der Waals surface area (Å²) < 4.78 is 0. The molecular weight excluding hydrogens is 166 g/mol. The van der Waals surface area contributed by atoms with E-state index in [4.69, 9.17) is 5.73 Å². The van der Waals surface area contributed by atoms with Gasteiger partial charge in [0.1, 0.15) is 11.5 Å². The first kappa shape index (κ1) is 8.38. The topological polar surface area (TPSA) is 66.5 Å². The largest absolute Gasteiger partial charge is 0.508 e. The highest BCUT2D eigenvalue weighted by atomic mass is 16.3. The van der Waals surface area contributed by atoms with Crippen LogP contribution in [0.25, 0.3) is 0 Å². The third-order valence-electron chi connectivity index (χ3n) is 2.44. The Bertz CT molecular complexity index is 300. The van der Waals surface area contributed by atoms with E-state index in [0.717, 1.165) is 18.4 Å². The zero-order chi connectivity index (χ0) is 9.42. The molecule has 13 heavy (non-hydrogen) atoms. The van der Waals surface area contributed by atoms with Crippen molar-refractivity contribution < 1.29 is 10.2 Å². The molecule has 4 N–H and O–H groups in total. The van der Waals surface area contributed by atoms with Gasteiger partial charge < -0.3 is 15.9 Å². The molecule has 1 aliphatic carbocycles. The van der Waals surface area contributed by atoms with E-state index >= 15 is 0 Å². The van der Waals surface area contributed by atoms with E-state index in [9.17, 15) is 10.2 Å². The van der Waals surface area contributed by atoms with Crippen LogP contribution in [0, 0.1) is 5.92 Å². The van der Waals surface area contributed by atoms with Gasteiger partial charge in [0.25, 0.3) is 0 Å². The van der Waals surface area contributed by atoms with Crippen LogP contribution in [-0.4, -0.2) is 10.2 Å². The molecule has 70 valence electrons. The molecule has 1 unspecified atom stereocenters. The molecule has 0 heterocycles. The van der Waals surface area contributed by atoms with Crippen LogP contribution in [0.15, 0.2) is 18.2 Å². The molecule has 0 saturated heterocycles. The van der Waals surface area contributed by atoms with Crippen molar-refractivity contribution in [2.75, 3.05) is 0 Å². The van der Waals surface area contributed by atoms with Crippen LogP contribution >= 0.6 is 0 Å². The van der Waals surface area contributed by atoms with Crippen molar-refractivity contribution in [2.24, 2.45) is 11.7 Å². The minimum Gasteiger partial charge on any atom is -0.508 e. The highest BCUT2D eigenvalue weighted by Crippen LogP contribution is 2.40. The van der Waals surface area contributed by atoms with Gasteiger partial charge in [-0.15, -0.1) is 0 Å². The third-order valence-corrected chi connectivity index (χ3v) is 2.44. The highest BCUT2D eigenvalue weighted by molar-refractivity contribution is 5.38. The van der Waals surface area contributed by atoms with Crippen LogP contribution < -0.4 is 5.73 Å². The van der Waals surface area contributed by atoms with Crippen LogP contribution in [-0.2, 0) is 0 Å². The van der Waals surface area contributed by atoms with E-state index in [2.05, 4.69) is 0 Å². The lowest BCUT2D eigenvalue weighted by Crippen LogP contribution is -2.11. The van der Waals surface area contributed by atoms with Crippen molar-refractivity contribution in [1.29, 1.82) is 0 Å². The first-order valence-corrected chi connectivity index (χ1v) is 4.45. The zero-order valence-corrected chi connectivity index (χ0v) is 7.27. The minimum atomic E-state index is -0.0435. The fourth-order valence-electron chi connectivity index (χ4n) is 1.54. The molecule has 1 aliphatic rings. The third kappa shape index (κ3) is 1.75. The molecule has 0 spiro atoms. The maximum atomic E-state index is 9.23. The Morgan fingerprint density at radius 3 is 2.15 bits per heavy atom. The molecule has 0 aromatic heterocycles. The molecule has 1 fully saturated rings. The SMILES string of the molecule is NC(c1cc(O)cc(O)c1)C1CC1. The molecule has 1 atom stereocenters. The van der Waals surface area contributed by atoms with Gasteiger partial charge >= 0.3 is 0 Å². The number of hydrogen-bond acceptors (Lipinski definition) is 3. The molecule has 0 radical (unpaired) electrons. The number of benzene rings is 1. The minimum absolute atomic E-state index is 0.0435. The van der Waals surface area contributed by atoms with E-state index in [0.29, 0.717) is 5.92 Å². The fourth-order valence-corrected chi connectivity index (χ4v) is 1.54. The van der Waals surface area contributed by atoms with Gasteiger partial charge in [0.15, 0.2) is 0 Å². The lowest BCUT2D eigenvalue weighted by molar-refractivity contribution is 0.447. The summed E-state index contributed by atoms with van der Waals surface area (Å²) in [4.78, 5) is 0. The predicted molar refractivity (Wildman–Crippen MR) is 49.4 cm³/mol. The molecular formula is C10H13NO2. The standard InChI is InChI=1S/C10H13NO2/c11-10(6-1-2-6)7-3-8(12)5-9(13)4-7/h3-6,10,12-13H,1-2,11H2. The number of aromatic hydroxyl groups is 2. The van der Waals surface area contributed by atoms with Crippen molar-refractivity contribution >= 4 is 0 Å². The van der Waals surface area contributed by atoms with E-state index in [1.54, 1.807) is 12.1 Å². The average molecular weight is 179 g/mol. The number of phenols is 2. The molecule has 1 aromatic rings. The Morgan fingerprint density at radius 2 is 1.69 bits per heavy atom. The van der Waals surface area contributed by atoms with Crippen LogP contribution in [0.2, 0.25) is 0 Å². The molecule has 3 heteroatoms. The quantitative estimate of drug-likeness (QED) is 0.644.